The molecule has 7 heteroatoms. The van der Waals surface area contributed by atoms with Crippen LogP contribution in [0.5, 0.6) is 0 Å². The molecule has 0 aromatic heterocycles. The summed E-state index contributed by atoms with van der Waals surface area (Å²) >= 11 is 4.84. The van der Waals surface area contributed by atoms with E-state index in [9.17, 15) is 9.18 Å². The Labute approximate surface area is 121 Å². The quantitative estimate of drug-likeness (QED) is 0.501. The number of rotatable bonds is 4. The summed E-state index contributed by atoms with van der Waals surface area (Å²) in [7, 11) is 0. The molecule has 0 saturated carbocycles. The molecule has 1 saturated heterocycles. The number of carbonyl (C=O) groups is 1. The fourth-order valence-electron chi connectivity index (χ4n) is 1.95. The molecule has 1 aliphatic rings. The van der Waals surface area contributed by atoms with Crippen molar-refractivity contribution in [3.63, 3.8) is 0 Å². The predicted octanol–water partition coefficient (Wildman–Crippen LogP) is 1.50. The Bertz CT molecular complexity index is 555. The lowest BCUT2D eigenvalue weighted by Crippen LogP contribution is -2.40. The second-order valence-electron chi connectivity index (χ2n) is 4.42. The van der Waals surface area contributed by atoms with E-state index in [0.29, 0.717) is 13.1 Å². The molecule has 5 nitrogen and oxygen atoms in total. The van der Waals surface area contributed by atoms with Gasteiger partial charge < -0.3 is 10.6 Å². The highest BCUT2D eigenvalue weighted by Gasteiger charge is 2.24. The number of benzene rings is 1. The summed E-state index contributed by atoms with van der Waals surface area (Å²) in [6.45, 7) is 1.33. The van der Waals surface area contributed by atoms with Gasteiger partial charge in [0.2, 0.25) is 0 Å². The summed E-state index contributed by atoms with van der Waals surface area (Å²) in [6, 6.07) is 6.02. The topological polar surface area (TPSA) is 70.7 Å². The SMILES string of the molecule is NC(=S)C(=NNc1ccccc1F)C(=O)N1CCCC1. The largest absolute Gasteiger partial charge is 0.388 e. The normalized spacial score (nSPS) is 15.2. The third-order valence-electron chi connectivity index (χ3n) is 2.99. The van der Waals surface area contributed by atoms with Gasteiger partial charge >= 0.3 is 0 Å². The first kappa shape index (κ1) is 14.4. The van der Waals surface area contributed by atoms with Crippen LogP contribution >= 0.6 is 12.2 Å². The minimum Gasteiger partial charge on any atom is -0.388 e. The van der Waals surface area contributed by atoms with Gasteiger partial charge in [-0.3, -0.25) is 10.2 Å². The van der Waals surface area contributed by atoms with Gasteiger partial charge in [-0.25, -0.2) is 4.39 Å². The Kier molecular flexibility index (Phi) is 4.62. The maximum atomic E-state index is 13.5. The van der Waals surface area contributed by atoms with E-state index in [1.807, 2.05) is 0 Å². The summed E-state index contributed by atoms with van der Waals surface area (Å²) < 4.78 is 13.5. The minimum atomic E-state index is -0.466. The standard InChI is InChI=1S/C13H15FN4OS/c14-9-5-1-2-6-10(9)16-17-11(12(15)20)13(19)18-7-3-4-8-18/h1-2,5-6,16H,3-4,7-8H2,(H2,15,20). The molecule has 1 heterocycles. The Morgan fingerprint density at radius 3 is 2.60 bits per heavy atom. The summed E-state index contributed by atoms with van der Waals surface area (Å²) in [4.78, 5) is 13.7. The highest BCUT2D eigenvalue weighted by molar-refractivity contribution is 7.82. The van der Waals surface area contributed by atoms with Crippen molar-refractivity contribution in [2.45, 2.75) is 12.8 Å². The number of thiocarbonyl (C=S) groups is 1. The molecule has 3 N–H and O–H groups in total. The molecule has 1 aliphatic heterocycles. The fourth-order valence-corrected chi connectivity index (χ4v) is 2.08. The lowest BCUT2D eigenvalue weighted by atomic mass is 10.3. The van der Waals surface area contributed by atoms with Crippen LogP contribution in [0.15, 0.2) is 29.4 Å². The number of hydrogen-bond donors (Lipinski definition) is 2. The molecular formula is C13H15FN4OS. The average molecular weight is 294 g/mol. The maximum Gasteiger partial charge on any atom is 0.277 e. The molecule has 0 aliphatic carbocycles. The second kappa shape index (κ2) is 6.42. The summed E-state index contributed by atoms with van der Waals surface area (Å²) in [6.07, 6.45) is 1.91. The Balaban J connectivity index is 2.16. The number of nitrogens with one attached hydrogen (secondary N) is 1. The first-order chi connectivity index (χ1) is 9.59. The van der Waals surface area contributed by atoms with E-state index in [1.165, 1.54) is 12.1 Å². The molecule has 0 spiro atoms. The number of para-hydroxylation sites is 1. The highest BCUT2D eigenvalue weighted by Crippen LogP contribution is 2.13. The number of nitrogens with two attached hydrogens (primary N) is 1. The minimum absolute atomic E-state index is 0.0508. The van der Waals surface area contributed by atoms with Gasteiger partial charge in [-0.15, -0.1) is 0 Å². The van der Waals surface area contributed by atoms with E-state index in [1.54, 1.807) is 17.0 Å². The Morgan fingerprint density at radius 2 is 2.00 bits per heavy atom. The second-order valence-corrected chi connectivity index (χ2v) is 4.86. The number of anilines is 1. The van der Waals surface area contributed by atoms with E-state index in [4.69, 9.17) is 18.0 Å². The van der Waals surface area contributed by atoms with Gasteiger partial charge in [0.05, 0.1) is 5.69 Å². The van der Waals surface area contributed by atoms with Crippen LogP contribution in [-0.2, 0) is 4.79 Å². The van der Waals surface area contributed by atoms with Crippen LogP contribution in [0, 0.1) is 5.82 Å². The lowest BCUT2D eigenvalue weighted by molar-refractivity contribution is -0.122. The highest BCUT2D eigenvalue weighted by atomic mass is 32.1. The van der Waals surface area contributed by atoms with E-state index in [-0.39, 0.29) is 22.3 Å². The fraction of sp³-hybridized carbons (Fsp3) is 0.308. The molecule has 106 valence electrons. The van der Waals surface area contributed by atoms with Gasteiger partial charge in [0.1, 0.15) is 10.8 Å². The predicted molar refractivity (Wildman–Crippen MR) is 80.1 cm³/mol. The van der Waals surface area contributed by atoms with Crippen molar-refractivity contribution in [3.05, 3.63) is 30.1 Å². The number of likely N-dealkylation sites (tertiary alicyclic amines) is 1. The zero-order chi connectivity index (χ0) is 14.5. The van der Waals surface area contributed by atoms with Crippen molar-refractivity contribution < 1.29 is 9.18 Å². The van der Waals surface area contributed by atoms with Gasteiger partial charge in [-0.1, -0.05) is 24.4 Å². The van der Waals surface area contributed by atoms with Crippen molar-refractivity contribution in [2.24, 2.45) is 10.8 Å². The van der Waals surface area contributed by atoms with E-state index < -0.39 is 5.82 Å². The molecule has 20 heavy (non-hydrogen) atoms. The van der Waals surface area contributed by atoms with Crippen molar-refractivity contribution in [1.82, 2.24) is 4.90 Å². The summed E-state index contributed by atoms with van der Waals surface area (Å²) in [5.74, 6) is -0.786. The average Bonchev–Trinajstić information content (AvgIpc) is 2.94. The molecule has 1 aromatic carbocycles. The van der Waals surface area contributed by atoms with Crippen molar-refractivity contribution in [1.29, 1.82) is 0 Å². The van der Waals surface area contributed by atoms with Gasteiger partial charge in [0.25, 0.3) is 5.91 Å². The van der Waals surface area contributed by atoms with Crippen LogP contribution in [0.2, 0.25) is 0 Å². The monoisotopic (exact) mass is 294 g/mol. The van der Waals surface area contributed by atoms with Crippen LogP contribution in [0.1, 0.15) is 12.8 Å². The third-order valence-corrected chi connectivity index (χ3v) is 3.18. The first-order valence-corrected chi connectivity index (χ1v) is 6.67. The van der Waals surface area contributed by atoms with Crippen LogP contribution in [0.3, 0.4) is 0 Å². The van der Waals surface area contributed by atoms with Gasteiger partial charge in [0, 0.05) is 13.1 Å². The zero-order valence-electron chi connectivity index (χ0n) is 10.8. The van der Waals surface area contributed by atoms with Crippen molar-refractivity contribution in [2.75, 3.05) is 18.5 Å². The zero-order valence-corrected chi connectivity index (χ0v) is 11.6. The summed E-state index contributed by atoms with van der Waals surface area (Å²) in [5, 5.41) is 3.87. The number of amides is 1. The number of halogens is 1. The molecule has 0 bridgehead atoms. The Morgan fingerprint density at radius 1 is 1.35 bits per heavy atom. The van der Waals surface area contributed by atoms with Crippen molar-refractivity contribution in [3.8, 4) is 0 Å². The lowest BCUT2D eigenvalue weighted by Gasteiger charge is -2.16. The smallest absolute Gasteiger partial charge is 0.277 e. The molecule has 2 rings (SSSR count). The number of carbonyl (C=O) groups excluding carboxylic acids is 1. The summed E-state index contributed by atoms with van der Waals surface area (Å²) in [5.41, 5.74) is 8.14. The van der Waals surface area contributed by atoms with Crippen molar-refractivity contribution >= 4 is 34.5 Å². The van der Waals surface area contributed by atoms with E-state index >= 15 is 0 Å². The van der Waals surface area contributed by atoms with Gasteiger partial charge in [-0.2, -0.15) is 5.10 Å². The Hall–Kier alpha value is -2.02. The molecule has 0 radical (unpaired) electrons. The van der Waals surface area contributed by atoms with Gasteiger partial charge in [-0.05, 0) is 25.0 Å². The first-order valence-electron chi connectivity index (χ1n) is 6.27. The van der Waals surface area contributed by atoms with Crippen LogP contribution in [0.4, 0.5) is 10.1 Å². The third kappa shape index (κ3) is 3.30. The maximum absolute atomic E-state index is 13.5. The molecule has 1 amide bonds. The molecule has 1 aromatic rings. The van der Waals surface area contributed by atoms with E-state index in [2.05, 4.69) is 10.5 Å². The number of nitrogens with zero attached hydrogens (tertiary/aromatic N) is 2. The molecular weight excluding hydrogens is 279 g/mol. The molecule has 0 unspecified atom stereocenters. The van der Waals surface area contributed by atoms with Gasteiger partial charge in [0.15, 0.2) is 5.71 Å². The number of hydrazone groups is 1. The molecule has 1 fully saturated rings. The molecule has 0 atom stereocenters. The van der Waals surface area contributed by atoms with Crippen LogP contribution < -0.4 is 11.2 Å². The van der Waals surface area contributed by atoms with E-state index in [0.717, 1.165) is 12.8 Å². The van der Waals surface area contributed by atoms with Crippen LogP contribution in [0.25, 0.3) is 0 Å². The van der Waals surface area contributed by atoms with Crippen LogP contribution in [-0.4, -0.2) is 34.6 Å². The number of hydrogen-bond acceptors (Lipinski definition) is 4.